The average Bonchev–Trinajstić information content (AvgIpc) is 3.16. The Morgan fingerprint density at radius 3 is 2.61 bits per heavy atom. The largest absolute Gasteiger partial charge is 0.323 e. The number of H-pyrrole nitrogens is 2. The Balaban J connectivity index is 1.51. The molecule has 0 saturated heterocycles. The van der Waals surface area contributed by atoms with Crippen LogP contribution in [0.25, 0.3) is 22.2 Å². The van der Waals surface area contributed by atoms with Crippen molar-refractivity contribution in [2.75, 3.05) is 10.6 Å². The average molecular weight is 373 g/mol. The molecule has 2 aromatic heterocycles. The first kappa shape index (κ1) is 17.5. The number of pyridine rings is 1. The van der Waals surface area contributed by atoms with Gasteiger partial charge in [0.25, 0.3) is 0 Å². The Kier molecular flexibility index (Phi) is 4.63. The second kappa shape index (κ2) is 7.40. The van der Waals surface area contributed by atoms with Crippen molar-refractivity contribution in [3.63, 3.8) is 0 Å². The van der Waals surface area contributed by atoms with E-state index in [1.54, 1.807) is 18.3 Å². The highest BCUT2D eigenvalue weighted by Gasteiger charge is 2.09. The van der Waals surface area contributed by atoms with Gasteiger partial charge in [-0.1, -0.05) is 31.2 Å². The smallest absolute Gasteiger partial charge is 0.308 e. The lowest BCUT2D eigenvalue weighted by molar-refractivity contribution is 0.262. The SMILES string of the molecule is CCc1cccc(NC(=O)Nc2ccc(-c3cc(=O)[nH]c4n[nH]cc34)cc2)c1. The zero-order valence-electron chi connectivity index (χ0n) is 15.2. The highest BCUT2D eigenvalue weighted by atomic mass is 16.2. The normalized spacial score (nSPS) is 10.8. The zero-order chi connectivity index (χ0) is 19.5. The van der Waals surface area contributed by atoms with Crippen LogP contribution in [0.4, 0.5) is 16.2 Å². The van der Waals surface area contributed by atoms with Gasteiger partial charge in [-0.25, -0.2) is 4.79 Å². The third kappa shape index (κ3) is 3.64. The molecule has 0 bridgehead atoms. The van der Waals surface area contributed by atoms with Gasteiger partial charge in [-0.3, -0.25) is 9.89 Å². The number of benzene rings is 2. The molecule has 2 aromatic carbocycles. The lowest BCUT2D eigenvalue weighted by Crippen LogP contribution is -2.19. The van der Waals surface area contributed by atoms with Crippen molar-refractivity contribution >= 4 is 28.4 Å². The number of hydrogen-bond acceptors (Lipinski definition) is 3. The molecule has 0 aliphatic heterocycles. The Morgan fingerprint density at radius 2 is 1.82 bits per heavy atom. The van der Waals surface area contributed by atoms with E-state index in [4.69, 9.17) is 0 Å². The summed E-state index contributed by atoms with van der Waals surface area (Å²) >= 11 is 0. The Morgan fingerprint density at radius 1 is 1.04 bits per heavy atom. The molecule has 140 valence electrons. The highest BCUT2D eigenvalue weighted by Crippen LogP contribution is 2.26. The number of carbonyl (C=O) groups is 1. The molecule has 0 aliphatic carbocycles. The molecule has 0 fully saturated rings. The summed E-state index contributed by atoms with van der Waals surface area (Å²) in [7, 11) is 0. The quantitative estimate of drug-likeness (QED) is 0.432. The Hall–Kier alpha value is -3.87. The van der Waals surface area contributed by atoms with Gasteiger partial charge in [0.05, 0.1) is 0 Å². The third-order valence-corrected chi connectivity index (χ3v) is 4.49. The summed E-state index contributed by atoms with van der Waals surface area (Å²) in [5, 5.41) is 13.3. The van der Waals surface area contributed by atoms with Gasteiger partial charge < -0.3 is 15.6 Å². The molecule has 4 aromatic rings. The highest BCUT2D eigenvalue weighted by molar-refractivity contribution is 6.00. The van der Waals surface area contributed by atoms with Crippen LogP contribution in [-0.4, -0.2) is 21.2 Å². The molecule has 0 spiro atoms. The molecule has 0 radical (unpaired) electrons. The van der Waals surface area contributed by atoms with E-state index >= 15 is 0 Å². The molecule has 7 nitrogen and oxygen atoms in total. The van der Waals surface area contributed by atoms with Gasteiger partial charge >= 0.3 is 6.03 Å². The van der Waals surface area contributed by atoms with E-state index in [-0.39, 0.29) is 11.6 Å². The summed E-state index contributed by atoms with van der Waals surface area (Å²) in [5.74, 6) is 0. The number of anilines is 2. The van der Waals surface area contributed by atoms with Crippen molar-refractivity contribution in [1.29, 1.82) is 0 Å². The maximum Gasteiger partial charge on any atom is 0.323 e. The van der Waals surface area contributed by atoms with Crippen molar-refractivity contribution in [1.82, 2.24) is 15.2 Å². The fourth-order valence-corrected chi connectivity index (χ4v) is 3.09. The van der Waals surface area contributed by atoms with Crippen molar-refractivity contribution in [2.24, 2.45) is 0 Å². The topological polar surface area (TPSA) is 103 Å². The van der Waals surface area contributed by atoms with Crippen LogP contribution < -0.4 is 16.2 Å². The number of carbonyl (C=O) groups excluding carboxylic acids is 1. The fraction of sp³-hybridized carbons (Fsp3) is 0.0952. The van der Waals surface area contributed by atoms with E-state index in [0.717, 1.165) is 34.2 Å². The number of rotatable bonds is 4. The number of fused-ring (bicyclic) bond motifs is 1. The number of aryl methyl sites for hydroxylation is 1. The number of nitrogens with one attached hydrogen (secondary N) is 4. The second-order valence-corrected chi connectivity index (χ2v) is 6.41. The van der Waals surface area contributed by atoms with Gasteiger partial charge in [-0.2, -0.15) is 5.10 Å². The van der Waals surface area contributed by atoms with Crippen LogP contribution in [-0.2, 0) is 6.42 Å². The lowest BCUT2D eigenvalue weighted by atomic mass is 10.0. The van der Waals surface area contributed by atoms with E-state index in [2.05, 4.69) is 32.7 Å². The molecule has 2 heterocycles. The minimum absolute atomic E-state index is 0.217. The van der Waals surface area contributed by atoms with Crippen LogP contribution in [0.3, 0.4) is 0 Å². The van der Waals surface area contributed by atoms with Gasteiger partial charge in [-0.15, -0.1) is 0 Å². The molecule has 0 saturated carbocycles. The number of hydrogen-bond donors (Lipinski definition) is 4. The van der Waals surface area contributed by atoms with Crippen LogP contribution in [0.5, 0.6) is 0 Å². The number of aromatic amines is 2. The van der Waals surface area contributed by atoms with Crippen LogP contribution in [0.1, 0.15) is 12.5 Å². The molecule has 4 N–H and O–H groups in total. The molecular formula is C21H19N5O2. The summed E-state index contributed by atoms with van der Waals surface area (Å²) in [6.07, 6.45) is 2.65. The number of amides is 2. The molecule has 2 amide bonds. The van der Waals surface area contributed by atoms with Gasteiger partial charge in [0.15, 0.2) is 5.65 Å². The van der Waals surface area contributed by atoms with Crippen molar-refractivity contribution in [3.8, 4) is 11.1 Å². The predicted molar refractivity (Wildman–Crippen MR) is 111 cm³/mol. The Labute approximate surface area is 160 Å². The first-order valence-electron chi connectivity index (χ1n) is 8.96. The molecular weight excluding hydrogens is 354 g/mol. The van der Waals surface area contributed by atoms with E-state index in [9.17, 15) is 9.59 Å². The molecule has 0 unspecified atom stereocenters. The molecule has 7 heteroatoms. The van der Waals surface area contributed by atoms with Crippen LogP contribution in [0.2, 0.25) is 0 Å². The first-order valence-corrected chi connectivity index (χ1v) is 8.96. The van der Waals surface area contributed by atoms with Crippen molar-refractivity contribution in [3.05, 3.63) is 76.7 Å². The van der Waals surface area contributed by atoms with Gasteiger partial charge in [0, 0.05) is 29.0 Å². The molecule has 4 rings (SSSR count). The zero-order valence-corrected chi connectivity index (χ0v) is 15.2. The number of aromatic nitrogens is 3. The molecule has 0 aliphatic rings. The molecule has 28 heavy (non-hydrogen) atoms. The Bertz CT molecular complexity index is 1190. The number of nitrogens with zero attached hydrogens (tertiary/aromatic N) is 1. The lowest BCUT2D eigenvalue weighted by Gasteiger charge is -2.09. The number of urea groups is 1. The van der Waals surface area contributed by atoms with Gasteiger partial charge in [0.2, 0.25) is 5.56 Å². The minimum Gasteiger partial charge on any atom is -0.308 e. The summed E-state index contributed by atoms with van der Waals surface area (Å²) < 4.78 is 0. The van der Waals surface area contributed by atoms with Gasteiger partial charge in [-0.05, 0) is 47.4 Å². The van der Waals surface area contributed by atoms with Crippen molar-refractivity contribution < 1.29 is 4.79 Å². The predicted octanol–water partition coefficient (Wildman–Crippen LogP) is 4.12. The minimum atomic E-state index is -0.311. The third-order valence-electron chi connectivity index (χ3n) is 4.49. The van der Waals surface area contributed by atoms with E-state index in [1.165, 1.54) is 6.07 Å². The summed E-state index contributed by atoms with van der Waals surface area (Å²) in [6.45, 7) is 2.07. The summed E-state index contributed by atoms with van der Waals surface area (Å²) in [6, 6.07) is 16.3. The van der Waals surface area contributed by atoms with Crippen LogP contribution in [0.15, 0.2) is 65.6 Å². The monoisotopic (exact) mass is 373 g/mol. The second-order valence-electron chi connectivity index (χ2n) is 6.41. The van der Waals surface area contributed by atoms with E-state index in [1.807, 2.05) is 36.4 Å². The summed E-state index contributed by atoms with van der Waals surface area (Å²) in [5.41, 5.74) is 4.49. The van der Waals surface area contributed by atoms with Gasteiger partial charge in [0.1, 0.15) is 0 Å². The van der Waals surface area contributed by atoms with E-state index in [0.29, 0.717) is 11.3 Å². The fourth-order valence-electron chi connectivity index (χ4n) is 3.09. The molecule has 0 atom stereocenters. The maximum absolute atomic E-state index is 12.2. The first-order chi connectivity index (χ1) is 13.6. The van der Waals surface area contributed by atoms with Crippen molar-refractivity contribution in [2.45, 2.75) is 13.3 Å². The maximum atomic E-state index is 12.2. The van der Waals surface area contributed by atoms with E-state index < -0.39 is 0 Å². The standard InChI is InChI=1S/C21H19N5O2/c1-2-13-4-3-5-16(10-13)24-21(28)23-15-8-6-14(7-9-15)17-11-19(27)25-20-18(17)12-22-26-20/h3-12H,2H2,1H3,(H2,23,24,28)(H2,22,25,26,27). The van der Waals surface area contributed by atoms with Crippen LogP contribution >= 0.6 is 0 Å². The van der Waals surface area contributed by atoms with Crippen LogP contribution in [0, 0.1) is 0 Å². The summed E-state index contributed by atoms with van der Waals surface area (Å²) in [4.78, 5) is 26.8.